The Morgan fingerprint density at radius 1 is 1.50 bits per heavy atom. The molecule has 0 aliphatic carbocycles. The van der Waals surface area contributed by atoms with E-state index in [0.29, 0.717) is 6.42 Å². The molecule has 0 radical (unpaired) electrons. The molecular formula is C15H15NO2. The van der Waals surface area contributed by atoms with Gasteiger partial charge in [0, 0.05) is 10.9 Å². The Kier molecular flexibility index (Phi) is 3.69. The van der Waals surface area contributed by atoms with Gasteiger partial charge in [0.2, 0.25) is 5.91 Å². The molecule has 1 amide bonds. The molecule has 2 rings (SSSR count). The van der Waals surface area contributed by atoms with Crippen LogP contribution in [-0.4, -0.2) is 12.5 Å². The van der Waals surface area contributed by atoms with Gasteiger partial charge in [-0.25, -0.2) is 0 Å². The maximum absolute atomic E-state index is 11.6. The number of rotatable bonds is 4. The zero-order valence-electron chi connectivity index (χ0n) is 10.3. The summed E-state index contributed by atoms with van der Waals surface area (Å²) in [4.78, 5) is 11.6. The zero-order valence-corrected chi connectivity index (χ0v) is 10.3. The van der Waals surface area contributed by atoms with Gasteiger partial charge in [0.15, 0.2) is 0 Å². The number of nitrogens with one attached hydrogen (secondary N) is 1. The second-order valence-electron chi connectivity index (χ2n) is 4.10. The molecule has 2 aromatic rings. The number of carbonyl (C=O) groups is 1. The predicted molar refractivity (Wildman–Crippen MR) is 71.1 cm³/mol. The molecule has 0 unspecified atom stereocenters. The fourth-order valence-electron chi connectivity index (χ4n) is 1.87. The number of aryl methyl sites for hydroxylation is 1. The highest BCUT2D eigenvalue weighted by atomic mass is 16.3. The van der Waals surface area contributed by atoms with E-state index in [-0.39, 0.29) is 12.5 Å². The number of terminal acetylenes is 1. The SMILES string of the molecule is C#CCNC(=O)Cc1coc2cc(CC)ccc12. The molecule has 0 aliphatic heterocycles. The number of furan rings is 1. The summed E-state index contributed by atoms with van der Waals surface area (Å²) in [5.41, 5.74) is 2.94. The second-order valence-corrected chi connectivity index (χ2v) is 4.10. The number of benzene rings is 1. The number of carbonyl (C=O) groups excluding carboxylic acids is 1. The first-order chi connectivity index (χ1) is 8.74. The summed E-state index contributed by atoms with van der Waals surface area (Å²) >= 11 is 0. The van der Waals surface area contributed by atoms with Gasteiger partial charge in [0.05, 0.1) is 19.2 Å². The summed E-state index contributed by atoms with van der Waals surface area (Å²) in [7, 11) is 0. The van der Waals surface area contributed by atoms with Crippen LogP contribution in [0.2, 0.25) is 0 Å². The molecule has 1 heterocycles. The van der Waals surface area contributed by atoms with E-state index in [1.807, 2.05) is 12.1 Å². The average Bonchev–Trinajstić information content (AvgIpc) is 2.78. The van der Waals surface area contributed by atoms with Gasteiger partial charge >= 0.3 is 0 Å². The second kappa shape index (κ2) is 5.42. The summed E-state index contributed by atoms with van der Waals surface area (Å²) in [6.07, 6.45) is 7.99. The van der Waals surface area contributed by atoms with Crippen LogP contribution in [0.1, 0.15) is 18.1 Å². The monoisotopic (exact) mass is 241 g/mol. The molecule has 1 aromatic heterocycles. The molecule has 3 nitrogen and oxygen atoms in total. The third-order valence-electron chi connectivity index (χ3n) is 2.87. The van der Waals surface area contributed by atoms with Crippen LogP contribution in [0.25, 0.3) is 11.0 Å². The summed E-state index contributed by atoms with van der Waals surface area (Å²) in [5.74, 6) is 2.29. The van der Waals surface area contributed by atoms with Gasteiger partial charge in [-0.15, -0.1) is 6.42 Å². The van der Waals surface area contributed by atoms with Gasteiger partial charge in [-0.1, -0.05) is 25.0 Å². The molecule has 0 saturated heterocycles. The smallest absolute Gasteiger partial charge is 0.225 e. The minimum Gasteiger partial charge on any atom is -0.464 e. The molecule has 18 heavy (non-hydrogen) atoms. The molecule has 92 valence electrons. The maximum Gasteiger partial charge on any atom is 0.225 e. The van der Waals surface area contributed by atoms with Gasteiger partial charge in [-0.05, 0) is 18.1 Å². The van der Waals surface area contributed by atoms with E-state index in [2.05, 4.69) is 24.2 Å². The third kappa shape index (κ3) is 2.54. The standard InChI is InChI=1S/C15H15NO2/c1-3-7-16-15(17)9-12-10-18-14-8-11(4-2)5-6-13(12)14/h1,5-6,8,10H,4,7,9H2,2H3,(H,16,17). The molecule has 0 atom stereocenters. The molecular weight excluding hydrogens is 226 g/mol. The fourth-order valence-corrected chi connectivity index (χ4v) is 1.87. The van der Waals surface area contributed by atoms with Crippen molar-refractivity contribution in [3.8, 4) is 12.3 Å². The quantitative estimate of drug-likeness (QED) is 0.834. The van der Waals surface area contributed by atoms with Crippen molar-refractivity contribution in [3.63, 3.8) is 0 Å². The van der Waals surface area contributed by atoms with E-state index >= 15 is 0 Å². The van der Waals surface area contributed by atoms with Gasteiger partial charge in [0.25, 0.3) is 0 Å². The normalized spacial score (nSPS) is 10.2. The van der Waals surface area contributed by atoms with Crippen molar-refractivity contribution in [3.05, 3.63) is 35.6 Å². The van der Waals surface area contributed by atoms with Crippen molar-refractivity contribution >= 4 is 16.9 Å². The van der Waals surface area contributed by atoms with E-state index in [1.165, 1.54) is 5.56 Å². The Morgan fingerprint density at radius 2 is 2.33 bits per heavy atom. The van der Waals surface area contributed by atoms with E-state index in [1.54, 1.807) is 6.26 Å². The van der Waals surface area contributed by atoms with Crippen molar-refractivity contribution in [1.29, 1.82) is 0 Å². The minimum absolute atomic E-state index is 0.0878. The van der Waals surface area contributed by atoms with Crippen LogP contribution in [0.15, 0.2) is 28.9 Å². The maximum atomic E-state index is 11.6. The summed E-state index contributed by atoms with van der Waals surface area (Å²) < 4.78 is 5.48. The van der Waals surface area contributed by atoms with Crippen LogP contribution < -0.4 is 5.32 Å². The van der Waals surface area contributed by atoms with Crippen LogP contribution in [0.5, 0.6) is 0 Å². The Labute approximate surface area is 106 Å². The number of hydrogen-bond donors (Lipinski definition) is 1. The fraction of sp³-hybridized carbons (Fsp3) is 0.267. The van der Waals surface area contributed by atoms with Crippen LogP contribution >= 0.6 is 0 Å². The highest BCUT2D eigenvalue weighted by Gasteiger charge is 2.10. The Bertz CT molecular complexity index is 604. The average molecular weight is 241 g/mol. The largest absolute Gasteiger partial charge is 0.464 e. The minimum atomic E-state index is -0.0878. The molecule has 3 heteroatoms. The molecule has 0 saturated carbocycles. The van der Waals surface area contributed by atoms with E-state index in [0.717, 1.165) is 23.0 Å². The predicted octanol–water partition coefficient (Wildman–Crippen LogP) is 2.29. The van der Waals surface area contributed by atoms with Crippen LogP contribution in [0, 0.1) is 12.3 Å². The third-order valence-corrected chi connectivity index (χ3v) is 2.87. The first-order valence-corrected chi connectivity index (χ1v) is 5.93. The molecule has 1 N–H and O–H groups in total. The van der Waals surface area contributed by atoms with Crippen molar-refractivity contribution < 1.29 is 9.21 Å². The van der Waals surface area contributed by atoms with Crippen LogP contribution in [0.4, 0.5) is 0 Å². The molecule has 0 bridgehead atoms. The van der Waals surface area contributed by atoms with Crippen molar-refractivity contribution in [2.24, 2.45) is 0 Å². The highest BCUT2D eigenvalue weighted by molar-refractivity contribution is 5.88. The Morgan fingerprint density at radius 3 is 3.06 bits per heavy atom. The summed E-state index contributed by atoms with van der Waals surface area (Å²) in [6, 6.07) is 6.07. The lowest BCUT2D eigenvalue weighted by atomic mass is 10.1. The molecule has 0 fully saturated rings. The van der Waals surface area contributed by atoms with Crippen LogP contribution in [-0.2, 0) is 17.6 Å². The highest BCUT2D eigenvalue weighted by Crippen LogP contribution is 2.23. The van der Waals surface area contributed by atoms with E-state index < -0.39 is 0 Å². The van der Waals surface area contributed by atoms with Crippen LogP contribution in [0.3, 0.4) is 0 Å². The number of fused-ring (bicyclic) bond motifs is 1. The van der Waals surface area contributed by atoms with Crippen molar-refractivity contribution in [2.75, 3.05) is 6.54 Å². The first kappa shape index (κ1) is 12.3. The van der Waals surface area contributed by atoms with Gasteiger partial charge < -0.3 is 9.73 Å². The van der Waals surface area contributed by atoms with Gasteiger partial charge in [-0.2, -0.15) is 0 Å². The van der Waals surface area contributed by atoms with E-state index in [4.69, 9.17) is 10.8 Å². The van der Waals surface area contributed by atoms with Gasteiger partial charge in [0.1, 0.15) is 5.58 Å². The number of hydrogen-bond acceptors (Lipinski definition) is 2. The molecule has 0 aliphatic rings. The first-order valence-electron chi connectivity index (χ1n) is 5.93. The summed E-state index contributed by atoms with van der Waals surface area (Å²) in [6.45, 7) is 2.35. The van der Waals surface area contributed by atoms with Crippen molar-refractivity contribution in [1.82, 2.24) is 5.32 Å². The Hall–Kier alpha value is -2.21. The molecule has 0 spiro atoms. The lowest BCUT2D eigenvalue weighted by Crippen LogP contribution is -2.25. The van der Waals surface area contributed by atoms with Crippen molar-refractivity contribution in [2.45, 2.75) is 19.8 Å². The lowest BCUT2D eigenvalue weighted by Gasteiger charge is -2.00. The van der Waals surface area contributed by atoms with E-state index in [9.17, 15) is 4.79 Å². The zero-order chi connectivity index (χ0) is 13.0. The summed E-state index contributed by atoms with van der Waals surface area (Å²) in [5, 5.41) is 3.63. The number of amides is 1. The lowest BCUT2D eigenvalue weighted by molar-refractivity contribution is -0.120. The Balaban J connectivity index is 2.19. The topological polar surface area (TPSA) is 42.2 Å². The molecule has 1 aromatic carbocycles. The van der Waals surface area contributed by atoms with Gasteiger partial charge in [-0.3, -0.25) is 4.79 Å².